The molecule has 1 atom stereocenters. The second-order valence-electron chi connectivity index (χ2n) is 15.5. The van der Waals surface area contributed by atoms with Crippen LogP contribution in [-0.4, -0.2) is 95.8 Å². The molecule has 0 bridgehead atoms. The van der Waals surface area contributed by atoms with Gasteiger partial charge in [0.25, 0.3) is 11.8 Å². The summed E-state index contributed by atoms with van der Waals surface area (Å²) >= 11 is 1.34. The van der Waals surface area contributed by atoms with Gasteiger partial charge in [0.05, 0.1) is 5.51 Å². The summed E-state index contributed by atoms with van der Waals surface area (Å²) in [5.41, 5.74) is 13.1. The van der Waals surface area contributed by atoms with Gasteiger partial charge in [0.2, 0.25) is 5.91 Å². The number of urea groups is 1. The summed E-state index contributed by atoms with van der Waals surface area (Å²) in [5.74, 6) is -0.758. The van der Waals surface area contributed by atoms with Gasteiger partial charge < -0.3 is 26.2 Å². The number of amides is 5. The Morgan fingerprint density at radius 1 is 0.915 bits per heavy atom. The fraction of sp³-hybridized carbons (Fsp3) is 0.333. The number of aryl methyl sites for hydroxylation is 2. The minimum Gasteiger partial charge on any atom is -0.371 e. The highest BCUT2D eigenvalue weighted by atomic mass is 32.1. The van der Waals surface area contributed by atoms with Crippen molar-refractivity contribution in [2.24, 2.45) is 11.7 Å². The Labute approximate surface area is 344 Å². The van der Waals surface area contributed by atoms with Gasteiger partial charge in [-0.05, 0) is 91.4 Å². The number of hydrogen-bond donors (Lipinski definition) is 4. The molecule has 59 heavy (non-hydrogen) atoms. The maximum absolute atomic E-state index is 16.0. The van der Waals surface area contributed by atoms with Gasteiger partial charge in [-0.15, -0.1) is 11.3 Å². The van der Waals surface area contributed by atoms with E-state index in [1.165, 1.54) is 30.4 Å². The van der Waals surface area contributed by atoms with Crippen LogP contribution < -0.4 is 36.4 Å². The summed E-state index contributed by atoms with van der Waals surface area (Å²) in [5, 5.41) is 14.8. The van der Waals surface area contributed by atoms with Crippen LogP contribution in [0.4, 0.5) is 43.6 Å². The van der Waals surface area contributed by atoms with E-state index < -0.39 is 17.6 Å². The molecule has 304 valence electrons. The summed E-state index contributed by atoms with van der Waals surface area (Å²) in [6, 6.07) is 17.0. The molecular formula is C42H44FN11O4S. The molecule has 5 N–H and O–H groups in total. The van der Waals surface area contributed by atoms with Crippen molar-refractivity contribution < 1.29 is 23.6 Å². The first kappa shape index (κ1) is 38.2. The third-order valence-corrected chi connectivity index (χ3v) is 12.4. The standard InChI is InChI=1S/C42H44FN11O4S/c1-25-31(41(57)47-34-23-59-24-45-34)7-8-32(37(25)43)38-36(39(44)56)40-46-33-9-6-30(20-27(33)11-15-54(40)49-38)51-18-16-50(17-19-51)21-26-10-13-52(22-26)28-2-4-29(5-3-28)53-14-12-35(55)48-42(53)58/h2-9,20,23-24,26,46H,10-19,21-22H2,1H3,(H2,44,56)(H,47,57)(H,48,55,58). The average molecular weight is 818 g/mol. The minimum atomic E-state index is -0.738. The van der Waals surface area contributed by atoms with Crippen molar-refractivity contribution in [2.75, 3.05) is 77.7 Å². The second kappa shape index (κ2) is 15.8. The number of benzene rings is 3. The molecule has 5 amide bonds. The lowest BCUT2D eigenvalue weighted by atomic mass is 9.99. The number of fused-ring (bicyclic) bond motifs is 2. The van der Waals surface area contributed by atoms with E-state index in [1.807, 2.05) is 18.2 Å². The number of nitrogens with zero attached hydrogens (tertiary/aromatic N) is 7. The van der Waals surface area contributed by atoms with Crippen LogP contribution in [-0.2, 0) is 17.8 Å². The number of hydrogen-bond acceptors (Lipinski definition) is 11. The SMILES string of the molecule is Cc1c(C(=O)Nc2cscn2)ccc(-c2nn3c(c2C(N)=O)Nc2ccc(N4CCN(CC5CCN(c6ccc(N7CCC(=O)NC7=O)cc6)C5)CC4)cc2CC3)c1F. The molecule has 4 aliphatic heterocycles. The molecule has 4 aliphatic rings. The molecule has 3 aromatic carbocycles. The number of nitrogens with one attached hydrogen (secondary N) is 3. The van der Waals surface area contributed by atoms with Crippen LogP contribution in [0, 0.1) is 18.7 Å². The number of nitrogens with two attached hydrogens (primary N) is 1. The van der Waals surface area contributed by atoms with Gasteiger partial charge in [0, 0.05) is 105 Å². The smallest absolute Gasteiger partial charge is 0.328 e. The Morgan fingerprint density at radius 3 is 2.44 bits per heavy atom. The number of primary amides is 1. The lowest BCUT2D eigenvalue weighted by molar-refractivity contribution is -0.120. The third kappa shape index (κ3) is 7.58. The molecule has 0 radical (unpaired) electrons. The van der Waals surface area contributed by atoms with Crippen LogP contribution in [0.15, 0.2) is 65.5 Å². The number of piperazine rings is 1. The molecule has 0 spiro atoms. The first-order valence-corrected chi connectivity index (χ1v) is 20.8. The first-order chi connectivity index (χ1) is 28.6. The van der Waals surface area contributed by atoms with E-state index in [0.29, 0.717) is 43.5 Å². The van der Waals surface area contributed by atoms with Crippen molar-refractivity contribution >= 4 is 69.5 Å². The Kier molecular flexibility index (Phi) is 10.2. The number of anilines is 6. The van der Waals surface area contributed by atoms with Crippen molar-refractivity contribution in [1.82, 2.24) is 25.0 Å². The zero-order valence-electron chi connectivity index (χ0n) is 32.5. The number of rotatable bonds is 9. The summed E-state index contributed by atoms with van der Waals surface area (Å²) in [7, 11) is 0. The summed E-state index contributed by atoms with van der Waals surface area (Å²) < 4.78 is 17.6. The molecule has 5 aromatic rings. The van der Waals surface area contributed by atoms with E-state index in [9.17, 15) is 19.2 Å². The van der Waals surface area contributed by atoms with Crippen LogP contribution in [0.25, 0.3) is 11.3 Å². The highest BCUT2D eigenvalue weighted by molar-refractivity contribution is 7.07. The Morgan fingerprint density at radius 2 is 1.69 bits per heavy atom. The molecular weight excluding hydrogens is 774 g/mol. The highest BCUT2D eigenvalue weighted by Crippen LogP contribution is 2.38. The first-order valence-electron chi connectivity index (χ1n) is 19.8. The molecule has 0 aliphatic carbocycles. The highest BCUT2D eigenvalue weighted by Gasteiger charge is 2.31. The van der Waals surface area contributed by atoms with E-state index in [0.717, 1.165) is 80.5 Å². The van der Waals surface area contributed by atoms with Gasteiger partial charge in [-0.25, -0.2) is 18.9 Å². The number of aromatic nitrogens is 3. The maximum Gasteiger partial charge on any atom is 0.328 e. The van der Waals surface area contributed by atoms with Crippen LogP contribution in [0.3, 0.4) is 0 Å². The molecule has 3 saturated heterocycles. The number of carbonyl (C=O) groups excluding carboxylic acids is 4. The Bertz CT molecular complexity index is 2450. The van der Waals surface area contributed by atoms with Gasteiger partial charge in [-0.1, -0.05) is 0 Å². The van der Waals surface area contributed by atoms with Gasteiger partial charge in [-0.2, -0.15) is 5.10 Å². The maximum atomic E-state index is 16.0. The second-order valence-corrected chi connectivity index (χ2v) is 16.2. The zero-order valence-corrected chi connectivity index (χ0v) is 33.4. The van der Waals surface area contributed by atoms with Gasteiger partial charge in [0.1, 0.15) is 28.7 Å². The molecule has 3 fully saturated rings. The molecule has 0 saturated carbocycles. The molecule has 17 heteroatoms. The van der Waals surface area contributed by atoms with E-state index in [-0.39, 0.29) is 39.9 Å². The van der Waals surface area contributed by atoms with Crippen molar-refractivity contribution in [2.45, 2.75) is 32.7 Å². The number of carbonyl (C=O) groups is 4. The molecule has 1 unspecified atom stereocenters. The van der Waals surface area contributed by atoms with Crippen molar-refractivity contribution in [3.05, 3.63) is 93.6 Å². The van der Waals surface area contributed by atoms with Crippen LogP contribution in [0.2, 0.25) is 0 Å². The normalized spacial score (nSPS) is 18.2. The topological polar surface area (TPSA) is 174 Å². The summed E-state index contributed by atoms with van der Waals surface area (Å²) in [6.07, 6.45) is 2.06. The molecule has 6 heterocycles. The van der Waals surface area contributed by atoms with E-state index in [2.05, 4.69) is 59.9 Å². The van der Waals surface area contributed by atoms with E-state index in [1.54, 1.807) is 20.5 Å². The summed E-state index contributed by atoms with van der Waals surface area (Å²) in [6.45, 7) is 9.13. The predicted molar refractivity (Wildman–Crippen MR) is 225 cm³/mol. The third-order valence-electron chi connectivity index (χ3n) is 11.8. The van der Waals surface area contributed by atoms with Crippen LogP contribution in [0.5, 0.6) is 0 Å². The number of halogens is 1. The van der Waals surface area contributed by atoms with Crippen LogP contribution >= 0.6 is 11.3 Å². The van der Waals surface area contributed by atoms with Crippen molar-refractivity contribution in [1.29, 1.82) is 0 Å². The van der Waals surface area contributed by atoms with Gasteiger partial charge in [0.15, 0.2) is 0 Å². The number of imide groups is 1. The molecule has 9 rings (SSSR count). The minimum absolute atomic E-state index is 0.0840. The monoisotopic (exact) mass is 817 g/mol. The quantitative estimate of drug-likeness (QED) is 0.155. The van der Waals surface area contributed by atoms with E-state index in [4.69, 9.17) is 10.8 Å². The number of thiazole rings is 1. The predicted octanol–water partition coefficient (Wildman–Crippen LogP) is 5.20. The molecule has 2 aromatic heterocycles. The van der Waals surface area contributed by atoms with Crippen molar-refractivity contribution in [3.8, 4) is 11.3 Å². The fourth-order valence-electron chi connectivity index (χ4n) is 8.63. The fourth-order valence-corrected chi connectivity index (χ4v) is 9.11. The van der Waals surface area contributed by atoms with Crippen molar-refractivity contribution in [3.63, 3.8) is 0 Å². The molecule has 15 nitrogen and oxygen atoms in total. The zero-order chi connectivity index (χ0) is 40.8. The largest absolute Gasteiger partial charge is 0.371 e. The Hall–Kier alpha value is -6.33. The lowest BCUT2D eigenvalue weighted by Gasteiger charge is -2.37. The summed E-state index contributed by atoms with van der Waals surface area (Å²) in [4.78, 5) is 62.7. The van der Waals surface area contributed by atoms with Gasteiger partial charge in [-0.3, -0.25) is 29.5 Å². The van der Waals surface area contributed by atoms with Gasteiger partial charge >= 0.3 is 6.03 Å². The van der Waals surface area contributed by atoms with E-state index >= 15 is 4.39 Å². The average Bonchev–Trinajstić information content (AvgIpc) is 3.98. The van der Waals surface area contributed by atoms with Crippen LogP contribution in [0.1, 0.15) is 44.7 Å². The lowest BCUT2D eigenvalue weighted by Crippen LogP contribution is -2.49. The Balaban J connectivity index is 0.818.